The van der Waals surface area contributed by atoms with Crippen LogP contribution in [-0.2, 0) is 6.42 Å². The normalized spacial score (nSPS) is 10.4. The third-order valence-electron chi connectivity index (χ3n) is 2.61. The van der Waals surface area contributed by atoms with Gasteiger partial charge >= 0.3 is 0 Å². The highest BCUT2D eigenvalue weighted by atomic mass is 127. The molecule has 0 heterocycles. The monoisotopic (exact) mass is 357 g/mol. The second-order valence-corrected chi connectivity index (χ2v) is 5.07. The zero-order chi connectivity index (χ0) is 13.1. The fraction of sp³-hybridized carbons (Fsp3) is 0.143. The Labute approximate surface area is 119 Å². The van der Waals surface area contributed by atoms with E-state index >= 15 is 0 Å². The van der Waals surface area contributed by atoms with Gasteiger partial charge in [0.25, 0.3) is 0 Å². The molecule has 2 nitrogen and oxygen atoms in total. The van der Waals surface area contributed by atoms with E-state index in [1.807, 2.05) is 46.9 Å². The third-order valence-corrected chi connectivity index (χ3v) is 3.44. The molecule has 0 spiro atoms. The second-order valence-electron chi connectivity index (χ2n) is 3.90. The summed E-state index contributed by atoms with van der Waals surface area (Å²) in [6.07, 6.45) is 0.973. The Morgan fingerprint density at radius 3 is 2.50 bits per heavy atom. The lowest BCUT2D eigenvalue weighted by molar-refractivity contribution is 0.478. The quantitative estimate of drug-likeness (QED) is 0.654. The van der Waals surface area contributed by atoms with E-state index in [0.717, 1.165) is 6.42 Å². The van der Waals surface area contributed by atoms with Gasteiger partial charge in [0.15, 0.2) is 5.75 Å². The van der Waals surface area contributed by atoms with Crippen molar-refractivity contribution in [2.24, 2.45) is 0 Å². The molecule has 0 aromatic heterocycles. The lowest BCUT2D eigenvalue weighted by Crippen LogP contribution is -1.95. The van der Waals surface area contributed by atoms with Crippen LogP contribution in [0.5, 0.6) is 11.5 Å². The number of anilines is 1. The maximum Gasteiger partial charge on any atom is 0.153 e. The SMILES string of the molecule is CCc1ccc(Oc2cc(F)c(I)cc2N)cc1. The average Bonchev–Trinajstić information content (AvgIpc) is 2.37. The van der Waals surface area contributed by atoms with Crippen molar-refractivity contribution < 1.29 is 9.13 Å². The molecule has 0 saturated heterocycles. The topological polar surface area (TPSA) is 35.2 Å². The van der Waals surface area contributed by atoms with Crippen LogP contribution in [0.3, 0.4) is 0 Å². The molecule has 0 unspecified atom stereocenters. The summed E-state index contributed by atoms with van der Waals surface area (Å²) in [7, 11) is 0. The van der Waals surface area contributed by atoms with Crippen LogP contribution in [0.25, 0.3) is 0 Å². The fourth-order valence-electron chi connectivity index (χ4n) is 1.55. The summed E-state index contributed by atoms with van der Waals surface area (Å²) in [6.45, 7) is 2.09. The molecular weight excluding hydrogens is 344 g/mol. The first-order valence-electron chi connectivity index (χ1n) is 5.61. The standard InChI is InChI=1S/C14H13FINO/c1-2-9-3-5-10(6-4-9)18-14-7-11(15)12(16)8-13(14)17/h3-8H,2,17H2,1H3. The van der Waals surface area contributed by atoms with Gasteiger partial charge in [0.1, 0.15) is 11.6 Å². The molecule has 2 N–H and O–H groups in total. The highest BCUT2D eigenvalue weighted by Crippen LogP contribution is 2.30. The minimum atomic E-state index is -0.329. The fourth-order valence-corrected chi connectivity index (χ4v) is 2.04. The second kappa shape index (κ2) is 5.56. The van der Waals surface area contributed by atoms with E-state index in [1.54, 1.807) is 6.07 Å². The summed E-state index contributed by atoms with van der Waals surface area (Å²) in [5, 5.41) is 0. The lowest BCUT2D eigenvalue weighted by atomic mass is 10.2. The van der Waals surface area contributed by atoms with Gasteiger partial charge in [0.05, 0.1) is 9.26 Å². The van der Waals surface area contributed by atoms with Crippen LogP contribution >= 0.6 is 22.6 Å². The molecule has 4 heteroatoms. The highest BCUT2D eigenvalue weighted by Gasteiger charge is 2.08. The Bertz CT molecular complexity index is 554. The number of benzene rings is 2. The molecular formula is C14H13FINO. The zero-order valence-corrected chi connectivity index (χ0v) is 12.1. The Hall–Kier alpha value is -1.30. The Morgan fingerprint density at radius 2 is 1.89 bits per heavy atom. The van der Waals surface area contributed by atoms with Crippen molar-refractivity contribution in [2.75, 3.05) is 5.73 Å². The molecule has 18 heavy (non-hydrogen) atoms. The van der Waals surface area contributed by atoms with E-state index in [4.69, 9.17) is 10.5 Å². The molecule has 0 aliphatic heterocycles. The summed E-state index contributed by atoms with van der Waals surface area (Å²) in [5.41, 5.74) is 7.45. The van der Waals surface area contributed by atoms with Crippen molar-refractivity contribution in [3.63, 3.8) is 0 Å². The van der Waals surface area contributed by atoms with Gasteiger partial charge in [-0.15, -0.1) is 0 Å². The number of nitrogen functional groups attached to an aromatic ring is 1. The summed E-state index contributed by atoms with van der Waals surface area (Å²) < 4.78 is 19.5. The van der Waals surface area contributed by atoms with Crippen molar-refractivity contribution in [2.45, 2.75) is 13.3 Å². The Kier molecular flexibility index (Phi) is 4.06. The average molecular weight is 357 g/mol. The van der Waals surface area contributed by atoms with Gasteiger partial charge in [0.2, 0.25) is 0 Å². The van der Waals surface area contributed by atoms with Gasteiger partial charge in [-0.1, -0.05) is 19.1 Å². The van der Waals surface area contributed by atoms with Crippen molar-refractivity contribution in [3.05, 3.63) is 51.3 Å². The first kappa shape index (κ1) is 13.1. The Morgan fingerprint density at radius 1 is 1.22 bits per heavy atom. The maximum atomic E-state index is 13.4. The van der Waals surface area contributed by atoms with Crippen LogP contribution in [0.4, 0.5) is 10.1 Å². The van der Waals surface area contributed by atoms with Crippen molar-refractivity contribution in [1.29, 1.82) is 0 Å². The van der Waals surface area contributed by atoms with E-state index in [1.165, 1.54) is 11.6 Å². The predicted octanol–water partition coefficient (Wildman–Crippen LogP) is 4.37. The molecule has 0 amide bonds. The lowest BCUT2D eigenvalue weighted by Gasteiger charge is -2.09. The Balaban J connectivity index is 2.25. The zero-order valence-electron chi connectivity index (χ0n) is 9.91. The van der Waals surface area contributed by atoms with Gasteiger partial charge in [-0.2, -0.15) is 0 Å². The largest absolute Gasteiger partial charge is 0.455 e. The van der Waals surface area contributed by atoms with Crippen molar-refractivity contribution >= 4 is 28.3 Å². The summed E-state index contributed by atoms with van der Waals surface area (Å²) in [6, 6.07) is 10.5. The van der Waals surface area contributed by atoms with Crippen molar-refractivity contribution in [1.82, 2.24) is 0 Å². The third kappa shape index (κ3) is 2.93. The number of aryl methyl sites for hydroxylation is 1. The van der Waals surface area contributed by atoms with E-state index < -0.39 is 0 Å². The van der Waals surface area contributed by atoms with E-state index in [2.05, 4.69) is 6.92 Å². The van der Waals surface area contributed by atoms with Crippen LogP contribution in [0, 0.1) is 9.39 Å². The molecule has 0 aliphatic rings. The molecule has 0 radical (unpaired) electrons. The van der Waals surface area contributed by atoms with Gasteiger partial charge < -0.3 is 10.5 Å². The van der Waals surface area contributed by atoms with Crippen LogP contribution in [0.2, 0.25) is 0 Å². The molecule has 0 aliphatic carbocycles. The van der Waals surface area contributed by atoms with Gasteiger partial charge in [0, 0.05) is 6.07 Å². The van der Waals surface area contributed by atoms with Crippen molar-refractivity contribution in [3.8, 4) is 11.5 Å². The van der Waals surface area contributed by atoms with E-state index in [0.29, 0.717) is 20.8 Å². The van der Waals surface area contributed by atoms with Gasteiger partial charge in [-0.25, -0.2) is 4.39 Å². The first-order valence-corrected chi connectivity index (χ1v) is 6.69. The molecule has 0 bridgehead atoms. The molecule has 0 saturated carbocycles. The number of halogens is 2. The smallest absolute Gasteiger partial charge is 0.153 e. The minimum absolute atomic E-state index is 0.329. The molecule has 0 atom stereocenters. The van der Waals surface area contributed by atoms with E-state index in [-0.39, 0.29) is 5.82 Å². The van der Waals surface area contributed by atoms with E-state index in [9.17, 15) is 4.39 Å². The van der Waals surface area contributed by atoms with Crippen LogP contribution < -0.4 is 10.5 Å². The number of hydrogen-bond donors (Lipinski definition) is 1. The number of hydrogen-bond acceptors (Lipinski definition) is 2. The molecule has 0 fully saturated rings. The van der Waals surface area contributed by atoms with Gasteiger partial charge in [-0.3, -0.25) is 0 Å². The summed E-state index contributed by atoms with van der Waals surface area (Å²) in [4.78, 5) is 0. The van der Waals surface area contributed by atoms with Crippen LogP contribution in [0.15, 0.2) is 36.4 Å². The minimum Gasteiger partial charge on any atom is -0.455 e. The molecule has 2 aromatic rings. The first-order chi connectivity index (χ1) is 8.60. The number of nitrogens with two attached hydrogens (primary N) is 1. The molecule has 94 valence electrons. The predicted molar refractivity (Wildman–Crippen MR) is 79.4 cm³/mol. The van der Waals surface area contributed by atoms with Crippen LogP contribution in [-0.4, -0.2) is 0 Å². The number of rotatable bonds is 3. The highest BCUT2D eigenvalue weighted by molar-refractivity contribution is 14.1. The summed E-state index contributed by atoms with van der Waals surface area (Å²) in [5.74, 6) is 0.668. The molecule has 2 aromatic carbocycles. The van der Waals surface area contributed by atoms with Crippen LogP contribution in [0.1, 0.15) is 12.5 Å². The summed E-state index contributed by atoms with van der Waals surface area (Å²) >= 11 is 1.90. The van der Waals surface area contributed by atoms with Gasteiger partial charge in [-0.05, 0) is 52.8 Å². The number of ether oxygens (including phenoxy) is 1. The maximum absolute atomic E-state index is 13.4. The molecule has 2 rings (SSSR count).